The van der Waals surface area contributed by atoms with Crippen LogP contribution in [0.4, 0.5) is 0 Å². The lowest BCUT2D eigenvalue weighted by Crippen LogP contribution is -2.34. The van der Waals surface area contributed by atoms with Crippen molar-refractivity contribution in [3.63, 3.8) is 0 Å². The van der Waals surface area contributed by atoms with E-state index in [1.165, 1.54) is 12.8 Å². The fourth-order valence-electron chi connectivity index (χ4n) is 2.30. The molecular formula is C16H20N4O. The predicted molar refractivity (Wildman–Crippen MR) is 81.5 cm³/mol. The number of nitrogens with one attached hydrogen (secondary N) is 1. The summed E-state index contributed by atoms with van der Waals surface area (Å²) in [6.07, 6.45) is 4.37. The Balaban J connectivity index is 1.54. The van der Waals surface area contributed by atoms with Crippen LogP contribution in [0, 0.1) is 0 Å². The molecule has 1 fully saturated rings. The van der Waals surface area contributed by atoms with Gasteiger partial charge >= 0.3 is 0 Å². The third-order valence-electron chi connectivity index (χ3n) is 3.76. The molecule has 110 valence electrons. The van der Waals surface area contributed by atoms with Gasteiger partial charge in [0, 0.05) is 25.3 Å². The maximum Gasteiger partial charge on any atom is 0.271 e. The Morgan fingerprint density at radius 1 is 1.33 bits per heavy atom. The monoisotopic (exact) mass is 284 g/mol. The van der Waals surface area contributed by atoms with Crippen molar-refractivity contribution in [1.82, 2.24) is 20.0 Å². The zero-order valence-corrected chi connectivity index (χ0v) is 12.2. The minimum atomic E-state index is -0.117. The number of para-hydroxylation sites is 1. The molecule has 3 rings (SSSR count). The van der Waals surface area contributed by atoms with E-state index in [2.05, 4.69) is 22.4 Å². The Morgan fingerprint density at radius 2 is 2.10 bits per heavy atom. The highest BCUT2D eigenvalue weighted by molar-refractivity contribution is 5.92. The quantitative estimate of drug-likeness (QED) is 0.878. The smallest absolute Gasteiger partial charge is 0.271 e. The molecular weight excluding hydrogens is 264 g/mol. The van der Waals surface area contributed by atoms with Crippen LogP contribution in [-0.2, 0) is 0 Å². The summed E-state index contributed by atoms with van der Waals surface area (Å²) >= 11 is 0. The van der Waals surface area contributed by atoms with Gasteiger partial charge in [0.15, 0.2) is 5.69 Å². The first-order valence-electron chi connectivity index (χ1n) is 7.33. The normalized spacial score (nSPS) is 14.4. The Bertz CT molecular complexity index is 604. The molecule has 0 saturated heterocycles. The van der Waals surface area contributed by atoms with Crippen molar-refractivity contribution in [1.29, 1.82) is 0 Å². The third kappa shape index (κ3) is 3.49. The molecule has 0 radical (unpaired) electrons. The molecule has 2 aromatic rings. The molecule has 5 heteroatoms. The Kier molecular flexibility index (Phi) is 4.01. The largest absolute Gasteiger partial charge is 0.349 e. The second kappa shape index (κ2) is 6.10. The second-order valence-electron chi connectivity index (χ2n) is 5.45. The average Bonchev–Trinajstić information content (AvgIpc) is 3.25. The molecule has 1 saturated carbocycles. The molecule has 1 N–H and O–H groups in total. The van der Waals surface area contributed by atoms with Gasteiger partial charge in [0.05, 0.1) is 5.69 Å². The average molecular weight is 284 g/mol. The lowest BCUT2D eigenvalue weighted by molar-refractivity contribution is 0.0944. The number of nitrogens with zero attached hydrogens (tertiary/aromatic N) is 3. The molecule has 1 heterocycles. The highest BCUT2D eigenvalue weighted by Gasteiger charge is 2.25. The summed E-state index contributed by atoms with van der Waals surface area (Å²) in [6, 6.07) is 12.2. The van der Waals surface area contributed by atoms with Crippen LogP contribution in [0.25, 0.3) is 5.69 Å². The van der Waals surface area contributed by atoms with Crippen LogP contribution in [0.1, 0.15) is 23.3 Å². The van der Waals surface area contributed by atoms with Gasteiger partial charge in [0.25, 0.3) is 5.91 Å². The first-order chi connectivity index (χ1) is 10.2. The molecule has 1 aliphatic carbocycles. The van der Waals surface area contributed by atoms with Crippen LogP contribution in [0.3, 0.4) is 0 Å². The van der Waals surface area contributed by atoms with Crippen molar-refractivity contribution in [3.05, 3.63) is 48.3 Å². The van der Waals surface area contributed by atoms with Crippen LogP contribution < -0.4 is 5.32 Å². The van der Waals surface area contributed by atoms with Gasteiger partial charge < -0.3 is 10.2 Å². The van der Waals surface area contributed by atoms with Crippen LogP contribution in [0.5, 0.6) is 0 Å². The van der Waals surface area contributed by atoms with E-state index in [9.17, 15) is 4.79 Å². The number of amides is 1. The highest BCUT2D eigenvalue weighted by atomic mass is 16.1. The van der Waals surface area contributed by atoms with Crippen molar-refractivity contribution in [2.45, 2.75) is 18.9 Å². The molecule has 0 bridgehead atoms. The number of hydrogen-bond acceptors (Lipinski definition) is 3. The number of aromatic nitrogens is 2. The number of benzene rings is 1. The summed E-state index contributed by atoms with van der Waals surface area (Å²) in [5, 5.41) is 7.24. The zero-order valence-electron chi connectivity index (χ0n) is 12.2. The lowest BCUT2D eigenvalue weighted by Gasteiger charge is -2.15. The van der Waals surface area contributed by atoms with E-state index in [0.29, 0.717) is 12.2 Å². The van der Waals surface area contributed by atoms with Crippen molar-refractivity contribution in [2.24, 2.45) is 0 Å². The van der Waals surface area contributed by atoms with Crippen molar-refractivity contribution >= 4 is 5.91 Å². The van der Waals surface area contributed by atoms with E-state index in [0.717, 1.165) is 18.3 Å². The van der Waals surface area contributed by atoms with Gasteiger partial charge in [-0.1, -0.05) is 18.2 Å². The van der Waals surface area contributed by atoms with E-state index >= 15 is 0 Å². The highest BCUT2D eigenvalue weighted by Crippen LogP contribution is 2.24. The van der Waals surface area contributed by atoms with Crippen molar-refractivity contribution in [2.75, 3.05) is 20.1 Å². The molecule has 1 aromatic carbocycles. The summed E-state index contributed by atoms with van der Waals surface area (Å²) in [6.45, 7) is 1.54. The molecule has 0 atom stereocenters. The van der Waals surface area contributed by atoms with E-state index in [1.807, 2.05) is 30.3 Å². The van der Waals surface area contributed by atoms with Gasteiger partial charge in [-0.3, -0.25) is 4.79 Å². The lowest BCUT2D eigenvalue weighted by atomic mass is 10.3. The molecule has 0 unspecified atom stereocenters. The molecule has 1 aromatic heterocycles. The minimum absolute atomic E-state index is 0.117. The molecule has 0 spiro atoms. The van der Waals surface area contributed by atoms with Gasteiger partial charge in [0.1, 0.15) is 0 Å². The number of rotatable bonds is 6. The third-order valence-corrected chi connectivity index (χ3v) is 3.76. The SMILES string of the molecule is CN(CCNC(=O)c1ccn(-c2ccccc2)n1)C1CC1. The minimum Gasteiger partial charge on any atom is -0.349 e. The van der Waals surface area contributed by atoms with E-state index in [1.54, 1.807) is 16.9 Å². The maximum atomic E-state index is 12.1. The predicted octanol–water partition coefficient (Wildman–Crippen LogP) is 1.70. The molecule has 5 nitrogen and oxygen atoms in total. The van der Waals surface area contributed by atoms with Gasteiger partial charge in [-0.05, 0) is 38.1 Å². The van der Waals surface area contributed by atoms with Crippen LogP contribution in [0.2, 0.25) is 0 Å². The number of carbonyl (C=O) groups excluding carboxylic acids is 1. The summed E-state index contributed by atoms with van der Waals surface area (Å²) in [5.74, 6) is -0.117. The molecule has 0 aliphatic heterocycles. The summed E-state index contributed by atoms with van der Waals surface area (Å²) in [4.78, 5) is 14.3. The van der Waals surface area contributed by atoms with Crippen LogP contribution in [-0.4, -0.2) is 46.8 Å². The zero-order chi connectivity index (χ0) is 14.7. The number of likely N-dealkylation sites (N-methyl/N-ethyl adjacent to an activating group) is 1. The molecule has 1 amide bonds. The van der Waals surface area contributed by atoms with Crippen LogP contribution >= 0.6 is 0 Å². The van der Waals surface area contributed by atoms with E-state index in [4.69, 9.17) is 0 Å². The Labute approximate surface area is 124 Å². The van der Waals surface area contributed by atoms with Crippen LogP contribution in [0.15, 0.2) is 42.6 Å². The topological polar surface area (TPSA) is 50.2 Å². The first kappa shape index (κ1) is 13.8. The fourth-order valence-corrected chi connectivity index (χ4v) is 2.30. The molecule has 21 heavy (non-hydrogen) atoms. The number of carbonyl (C=O) groups is 1. The fraction of sp³-hybridized carbons (Fsp3) is 0.375. The summed E-state index contributed by atoms with van der Waals surface area (Å²) < 4.78 is 1.71. The summed E-state index contributed by atoms with van der Waals surface area (Å²) in [7, 11) is 2.11. The Hall–Kier alpha value is -2.14. The first-order valence-corrected chi connectivity index (χ1v) is 7.33. The van der Waals surface area contributed by atoms with Gasteiger partial charge in [-0.2, -0.15) is 5.10 Å². The van der Waals surface area contributed by atoms with Crippen molar-refractivity contribution in [3.8, 4) is 5.69 Å². The maximum absolute atomic E-state index is 12.1. The second-order valence-corrected chi connectivity index (χ2v) is 5.45. The van der Waals surface area contributed by atoms with Crippen molar-refractivity contribution < 1.29 is 4.79 Å². The van der Waals surface area contributed by atoms with Gasteiger partial charge in [0.2, 0.25) is 0 Å². The number of hydrogen-bond donors (Lipinski definition) is 1. The van der Waals surface area contributed by atoms with E-state index in [-0.39, 0.29) is 5.91 Å². The Morgan fingerprint density at radius 3 is 2.81 bits per heavy atom. The summed E-state index contributed by atoms with van der Waals surface area (Å²) in [5.41, 5.74) is 1.40. The van der Waals surface area contributed by atoms with Gasteiger partial charge in [-0.15, -0.1) is 0 Å². The van der Waals surface area contributed by atoms with E-state index < -0.39 is 0 Å². The standard InChI is InChI=1S/C16H20N4O/c1-19(13-7-8-13)12-10-17-16(21)15-9-11-20(18-15)14-5-3-2-4-6-14/h2-6,9,11,13H,7-8,10,12H2,1H3,(H,17,21). The van der Waals surface area contributed by atoms with Gasteiger partial charge in [-0.25, -0.2) is 4.68 Å². The molecule has 1 aliphatic rings.